The minimum absolute atomic E-state index is 0.0631. The first-order chi connectivity index (χ1) is 17.3. The zero-order chi connectivity index (χ0) is 27.5. The Bertz CT molecular complexity index is 1290. The number of rotatable bonds is 8. The predicted octanol–water partition coefficient (Wildman–Crippen LogP) is -2.16. The number of likely N-dealkylation sites (tertiary alicyclic amines) is 1. The second kappa shape index (κ2) is 10.7. The molecule has 0 spiro atoms. The van der Waals surface area contributed by atoms with Crippen LogP contribution in [0, 0.1) is 0 Å². The highest BCUT2D eigenvalue weighted by Gasteiger charge is 2.44. The van der Waals surface area contributed by atoms with Crippen LogP contribution in [0.5, 0.6) is 0 Å². The lowest BCUT2D eigenvalue weighted by Gasteiger charge is -2.36. The van der Waals surface area contributed by atoms with Gasteiger partial charge in [-0.15, -0.1) is 11.3 Å². The number of β-lactam (4-membered cyclic amide) rings is 1. The Hall–Kier alpha value is -4.46. The summed E-state index contributed by atoms with van der Waals surface area (Å²) in [6, 6.07) is -4.71. The molecule has 37 heavy (non-hydrogen) atoms. The highest BCUT2D eigenvalue weighted by molar-refractivity contribution is 7.88. The van der Waals surface area contributed by atoms with Crippen molar-refractivity contribution in [2.24, 2.45) is 5.16 Å². The first-order valence-electron chi connectivity index (χ1n) is 10.2. The van der Waals surface area contributed by atoms with Crippen molar-refractivity contribution in [3.8, 4) is 0 Å². The maximum atomic E-state index is 12.5. The molecule has 3 rings (SSSR count). The van der Waals surface area contributed by atoms with Crippen LogP contribution in [0.1, 0.15) is 12.6 Å². The second-order valence-corrected chi connectivity index (χ2v) is 9.77. The van der Waals surface area contributed by atoms with Gasteiger partial charge in [0.1, 0.15) is 18.8 Å². The van der Waals surface area contributed by atoms with Crippen molar-refractivity contribution in [2.45, 2.75) is 13.0 Å². The Morgan fingerprint density at radius 2 is 1.86 bits per heavy atom. The molecule has 20 heteroatoms. The van der Waals surface area contributed by atoms with Gasteiger partial charge in [-0.2, -0.15) is 8.42 Å². The van der Waals surface area contributed by atoms with Crippen LogP contribution in [-0.2, 0) is 24.6 Å². The summed E-state index contributed by atoms with van der Waals surface area (Å²) in [5.74, 6) is -1.78. The van der Waals surface area contributed by atoms with E-state index >= 15 is 0 Å². The van der Waals surface area contributed by atoms with Gasteiger partial charge in [-0.05, 0) is 6.92 Å². The molecular formula is C17H22N10O8S2. The van der Waals surface area contributed by atoms with Crippen LogP contribution in [0.2, 0.25) is 0 Å². The van der Waals surface area contributed by atoms with Crippen molar-refractivity contribution in [3.05, 3.63) is 23.3 Å². The molecule has 18 nitrogen and oxygen atoms in total. The van der Waals surface area contributed by atoms with Gasteiger partial charge in [-0.25, -0.2) is 38.7 Å². The molecule has 3 heterocycles. The van der Waals surface area contributed by atoms with E-state index in [0.29, 0.717) is 15.5 Å². The fourth-order valence-electron chi connectivity index (χ4n) is 3.06. The van der Waals surface area contributed by atoms with Crippen LogP contribution in [-0.4, -0.2) is 96.6 Å². The lowest BCUT2D eigenvalue weighted by Crippen LogP contribution is -2.68. The summed E-state index contributed by atoms with van der Waals surface area (Å²) in [4.78, 5) is 71.1. The Balaban J connectivity index is 1.53. The van der Waals surface area contributed by atoms with Crippen LogP contribution >= 0.6 is 11.3 Å². The quantitative estimate of drug-likeness (QED) is 0.131. The van der Waals surface area contributed by atoms with Gasteiger partial charge in [0.25, 0.3) is 11.8 Å². The summed E-state index contributed by atoms with van der Waals surface area (Å²) in [6.45, 7) is 4.68. The monoisotopic (exact) mass is 558 g/mol. The molecule has 200 valence electrons. The number of amides is 8. The van der Waals surface area contributed by atoms with E-state index in [1.54, 1.807) is 6.92 Å². The fourth-order valence-corrected chi connectivity index (χ4v) is 4.34. The van der Waals surface area contributed by atoms with E-state index in [9.17, 15) is 32.4 Å². The Morgan fingerprint density at radius 3 is 2.41 bits per heavy atom. The van der Waals surface area contributed by atoms with Gasteiger partial charge in [0, 0.05) is 11.1 Å². The van der Waals surface area contributed by atoms with E-state index < -0.39 is 46.2 Å². The minimum Gasteiger partial charge on any atom is -0.398 e. The molecule has 2 saturated heterocycles. The van der Waals surface area contributed by atoms with Gasteiger partial charge < -0.3 is 15.9 Å². The molecule has 1 aromatic heterocycles. The number of hydrogen-bond donors (Lipinski definition) is 5. The first-order valence-corrected chi connectivity index (χ1v) is 12.5. The average Bonchev–Trinajstić information content (AvgIpc) is 3.38. The number of oxime groups is 1. The van der Waals surface area contributed by atoms with Crippen molar-refractivity contribution in [1.82, 2.24) is 40.0 Å². The fraction of sp³-hybridized carbons (Fsp3) is 0.353. The number of hydrazine groups is 1. The van der Waals surface area contributed by atoms with Crippen LogP contribution in [0.25, 0.3) is 0 Å². The third kappa shape index (κ3) is 6.22. The van der Waals surface area contributed by atoms with E-state index in [-0.39, 0.29) is 36.2 Å². The van der Waals surface area contributed by atoms with Crippen molar-refractivity contribution in [2.75, 3.05) is 32.5 Å². The predicted molar refractivity (Wildman–Crippen MR) is 126 cm³/mol. The molecular weight excluding hydrogens is 536 g/mol. The Labute approximate surface area is 213 Å². The third-order valence-corrected chi connectivity index (χ3v) is 6.23. The maximum Gasteiger partial charge on any atom is 0.346 e. The molecule has 0 saturated carbocycles. The summed E-state index contributed by atoms with van der Waals surface area (Å²) in [6.07, 6.45) is 0. The second-order valence-electron chi connectivity index (χ2n) is 7.46. The van der Waals surface area contributed by atoms with Gasteiger partial charge in [0.15, 0.2) is 10.8 Å². The van der Waals surface area contributed by atoms with Crippen molar-refractivity contribution >= 4 is 62.3 Å². The summed E-state index contributed by atoms with van der Waals surface area (Å²) in [5, 5.41) is 8.54. The number of carbonyl (C=O) groups excluding carboxylic acids is 5. The lowest BCUT2D eigenvalue weighted by atomic mass is 10.1. The number of allylic oxidation sites excluding steroid dienone is 1. The number of urea groups is 3. The molecule has 6 N–H and O–H groups in total. The molecule has 2 fully saturated rings. The normalized spacial score (nSPS) is 17.7. The number of nitrogens with two attached hydrogens (primary N) is 1. The standard InChI is InChI=1S/C17H22N10O8S2/c1-8(2)21-27-5-4-25(17(27)32)15(30)23-37(33,34)24-16(31)26-6-9(13(26)29)19-12(28)11(22-35-3)10-7-36-14(18)20-10/h7,9,21H,1,4-6H2,2-3H3,(H2,18,20)(H,19,28)(H,23,30)(H,24,31)/t9-/m0/s1. The zero-order valence-corrected chi connectivity index (χ0v) is 21.0. The number of hydrogen-bond acceptors (Lipinski definition) is 13. The molecule has 1 atom stereocenters. The molecule has 0 unspecified atom stereocenters. The molecule has 0 aromatic carbocycles. The van der Waals surface area contributed by atoms with Crippen molar-refractivity contribution in [3.63, 3.8) is 0 Å². The van der Waals surface area contributed by atoms with Gasteiger partial charge in [0.05, 0.1) is 19.6 Å². The molecule has 2 aliphatic rings. The Kier molecular flexibility index (Phi) is 7.81. The van der Waals surface area contributed by atoms with Crippen LogP contribution in [0.4, 0.5) is 19.5 Å². The number of nitrogens with zero attached hydrogens (tertiary/aromatic N) is 5. The largest absolute Gasteiger partial charge is 0.398 e. The van der Waals surface area contributed by atoms with Crippen molar-refractivity contribution in [1.29, 1.82) is 0 Å². The topological polar surface area (TPSA) is 238 Å². The van der Waals surface area contributed by atoms with Crippen LogP contribution in [0.3, 0.4) is 0 Å². The number of aromatic nitrogens is 1. The van der Waals surface area contributed by atoms with E-state index in [4.69, 9.17) is 5.73 Å². The molecule has 1 aromatic rings. The molecule has 2 aliphatic heterocycles. The SMILES string of the molecule is C=C(C)NN1CCN(C(=O)NS(=O)(=O)NC(=O)N2C[C@H](NC(=O)C(=NOC)c3csc(N)n3)C2=O)C1=O. The number of anilines is 1. The van der Waals surface area contributed by atoms with Gasteiger partial charge in [-0.1, -0.05) is 11.7 Å². The highest BCUT2D eigenvalue weighted by atomic mass is 32.2. The van der Waals surface area contributed by atoms with E-state index in [1.807, 2.05) is 0 Å². The Morgan fingerprint density at radius 1 is 1.22 bits per heavy atom. The van der Waals surface area contributed by atoms with E-state index in [0.717, 1.165) is 16.3 Å². The summed E-state index contributed by atoms with van der Waals surface area (Å²) < 4.78 is 27.4. The summed E-state index contributed by atoms with van der Waals surface area (Å²) in [7, 11) is -3.61. The molecule has 0 radical (unpaired) electrons. The highest BCUT2D eigenvalue weighted by Crippen LogP contribution is 2.15. The molecule has 0 aliphatic carbocycles. The summed E-state index contributed by atoms with van der Waals surface area (Å²) in [5.41, 5.74) is 8.38. The van der Waals surface area contributed by atoms with Crippen LogP contribution in [0.15, 0.2) is 22.8 Å². The number of nitrogen functional groups attached to an aromatic ring is 1. The van der Waals surface area contributed by atoms with Gasteiger partial charge in [0.2, 0.25) is 0 Å². The first kappa shape index (κ1) is 27.1. The number of imide groups is 2. The zero-order valence-electron chi connectivity index (χ0n) is 19.4. The minimum atomic E-state index is -4.81. The van der Waals surface area contributed by atoms with Crippen LogP contribution < -0.4 is 25.9 Å². The van der Waals surface area contributed by atoms with Gasteiger partial charge >= 0.3 is 28.3 Å². The third-order valence-electron chi connectivity index (χ3n) is 4.67. The number of carbonyl (C=O) groups is 5. The number of thiazole rings is 1. The smallest absolute Gasteiger partial charge is 0.346 e. The molecule has 8 amide bonds. The maximum absolute atomic E-state index is 12.5. The molecule has 0 bridgehead atoms. The van der Waals surface area contributed by atoms with Crippen molar-refractivity contribution < 1.29 is 37.2 Å². The average molecular weight is 559 g/mol. The summed E-state index contributed by atoms with van der Waals surface area (Å²) >= 11 is 1.04. The lowest BCUT2D eigenvalue weighted by molar-refractivity contribution is -0.141. The van der Waals surface area contributed by atoms with E-state index in [1.165, 1.54) is 21.9 Å². The van der Waals surface area contributed by atoms with Gasteiger partial charge in [-0.3, -0.25) is 19.9 Å². The number of nitrogens with one attached hydrogen (secondary N) is 4. The van der Waals surface area contributed by atoms with E-state index in [2.05, 4.69) is 32.3 Å².